The fraction of sp³-hybridized carbons (Fsp3) is 0.304. The predicted molar refractivity (Wildman–Crippen MR) is 117 cm³/mol. The molecule has 0 unspecified atom stereocenters. The number of aromatic nitrogens is 1. The van der Waals surface area contributed by atoms with E-state index in [2.05, 4.69) is 11.1 Å². The molecule has 2 aromatic heterocycles. The Bertz CT molecular complexity index is 1070. The Morgan fingerprint density at radius 1 is 1.14 bits per heavy atom. The molecule has 1 aliphatic rings. The molecule has 6 heteroatoms. The standard InChI is InChI=1S/C23H25N3O2S/c1-16(2)14-26-20(13-19-9-12-29-23(19)26)22(28)24-10-11-25(17(3)15-24)21(27)18-7-5-4-6-8-18/h4-9,12-13,17H,1,10-11,14-15H2,2-3H3/t17-/m1/s1. The molecule has 150 valence electrons. The smallest absolute Gasteiger partial charge is 0.270 e. The minimum atomic E-state index is -0.0360. The second-order valence-electron chi connectivity index (χ2n) is 7.72. The van der Waals surface area contributed by atoms with Gasteiger partial charge < -0.3 is 14.4 Å². The molecule has 1 atom stereocenters. The first-order valence-corrected chi connectivity index (χ1v) is 10.7. The number of benzene rings is 1. The lowest BCUT2D eigenvalue weighted by Gasteiger charge is -2.40. The molecule has 3 aromatic rings. The van der Waals surface area contributed by atoms with Crippen molar-refractivity contribution in [3.05, 3.63) is 71.3 Å². The minimum Gasteiger partial charge on any atom is -0.334 e. The van der Waals surface area contributed by atoms with Crippen molar-refractivity contribution in [1.29, 1.82) is 0 Å². The van der Waals surface area contributed by atoms with E-state index in [0.29, 0.717) is 37.4 Å². The van der Waals surface area contributed by atoms with Crippen LogP contribution in [0.3, 0.4) is 0 Å². The summed E-state index contributed by atoms with van der Waals surface area (Å²) in [5.41, 5.74) is 2.40. The zero-order chi connectivity index (χ0) is 20.5. The number of hydrogen-bond acceptors (Lipinski definition) is 3. The summed E-state index contributed by atoms with van der Waals surface area (Å²) in [6.07, 6.45) is 0. The highest BCUT2D eigenvalue weighted by Gasteiger charge is 2.32. The molecule has 1 aromatic carbocycles. The van der Waals surface area contributed by atoms with Crippen molar-refractivity contribution in [2.75, 3.05) is 19.6 Å². The van der Waals surface area contributed by atoms with E-state index in [1.165, 1.54) is 0 Å². The van der Waals surface area contributed by atoms with Gasteiger partial charge in [-0.1, -0.05) is 30.4 Å². The Balaban J connectivity index is 1.53. The van der Waals surface area contributed by atoms with Crippen LogP contribution in [-0.4, -0.2) is 51.9 Å². The average Bonchev–Trinajstić information content (AvgIpc) is 3.30. The number of piperazine rings is 1. The molecule has 0 saturated carbocycles. The molecule has 29 heavy (non-hydrogen) atoms. The van der Waals surface area contributed by atoms with E-state index in [1.54, 1.807) is 11.3 Å². The van der Waals surface area contributed by atoms with E-state index < -0.39 is 0 Å². The fourth-order valence-corrected chi connectivity index (χ4v) is 4.83. The molecule has 0 radical (unpaired) electrons. The van der Waals surface area contributed by atoms with Gasteiger partial charge in [-0.25, -0.2) is 0 Å². The summed E-state index contributed by atoms with van der Waals surface area (Å²) in [7, 11) is 0. The van der Waals surface area contributed by atoms with E-state index in [0.717, 1.165) is 15.8 Å². The van der Waals surface area contributed by atoms with Crippen LogP contribution in [-0.2, 0) is 6.54 Å². The molecular formula is C23H25N3O2S. The zero-order valence-electron chi connectivity index (χ0n) is 16.8. The molecule has 1 saturated heterocycles. The molecule has 1 fully saturated rings. The summed E-state index contributed by atoms with van der Waals surface area (Å²) in [5, 5.41) is 3.13. The Labute approximate surface area is 174 Å². The maximum Gasteiger partial charge on any atom is 0.270 e. The van der Waals surface area contributed by atoms with Crippen LogP contribution >= 0.6 is 11.3 Å². The largest absolute Gasteiger partial charge is 0.334 e. The second kappa shape index (κ2) is 7.87. The van der Waals surface area contributed by atoms with Gasteiger partial charge in [0.15, 0.2) is 0 Å². The van der Waals surface area contributed by atoms with Crippen molar-refractivity contribution < 1.29 is 9.59 Å². The van der Waals surface area contributed by atoms with Gasteiger partial charge in [0.2, 0.25) is 0 Å². The van der Waals surface area contributed by atoms with Crippen LogP contribution in [0.1, 0.15) is 34.7 Å². The Hall–Kier alpha value is -2.86. The highest BCUT2D eigenvalue weighted by Crippen LogP contribution is 2.27. The molecule has 4 rings (SSSR count). The van der Waals surface area contributed by atoms with E-state index in [1.807, 2.05) is 71.5 Å². The first-order valence-electron chi connectivity index (χ1n) is 9.82. The lowest BCUT2D eigenvalue weighted by Crippen LogP contribution is -2.55. The number of rotatable bonds is 4. The minimum absolute atomic E-state index is 0.0216. The topological polar surface area (TPSA) is 45.6 Å². The third-order valence-electron chi connectivity index (χ3n) is 5.35. The second-order valence-corrected chi connectivity index (χ2v) is 8.61. The maximum atomic E-state index is 13.3. The molecule has 0 aliphatic carbocycles. The average molecular weight is 408 g/mol. The molecular weight excluding hydrogens is 382 g/mol. The number of fused-ring (bicyclic) bond motifs is 1. The lowest BCUT2D eigenvalue weighted by atomic mass is 10.1. The Morgan fingerprint density at radius 2 is 1.90 bits per heavy atom. The highest BCUT2D eigenvalue weighted by molar-refractivity contribution is 7.16. The van der Waals surface area contributed by atoms with Gasteiger partial charge in [-0.3, -0.25) is 9.59 Å². The van der Waals surface area contributed by atoms with Crippen LogP contribution < -0.4 is 0 Å². The number of hydrogen-bond donors (Lipinski definition) is 0. The first kappa shape index (κ1) is 19.5. The van der Waals surface area contributed by atoms with Crippen molar-refractivity contribution in [2.45, 2.75) is 26.4 Å². The van der Waals surface area contributed by atoms with Crippen LogP contribution in [0, 0.1) is 0 Å². The van der Waals surface area contributed by atoms with Gasteiger partial charge in [0, 0.05) is 43.2 Å². The Kier molecular flexibility index (Phi) is 5.28. The van der Waals surface area contributed by atoms with E-state index in [4.69, 9.17) is 0 Å². The lowest BCUT2D eigenvalue weighted by molar-refractivity contribution is 0.0409. The molecule has 3 heterocycles. The number of nitrogens with zero attached hydrogens (tertiary/aromatic N) is 3. The highest BCUT2D eigenvalue weighted by atomic mass is 32.1. The van der Waals surface area contributed by atoms with Crippen LogP contribution in [0.4, 0.5) is 0 Å². The molecule has 0 bridgehead atoms. The Morgan fingerprint density at radius 3 is 2.59 bits per heavy atom. The third kappa shape index (κ3) is 3.72. The summed E-state index contributed by atoms with van der Waals surface area (Å²) < 4.78 is 2.07. The number of allylic oxidation sites excluding steroid dienone is 1. The van der Waals surface area contributed by atoms with Gasteiger partial charge >= 0.3 is 0 Å². The maximum absolute atomic E-state index is 13.3. The number of carbonyl (C=O) groups excluding carboxylic acids is 2. The van der Waals surface area contributed by atoms with Crippen LogP contribution in [0.25, 0.3) is 10.2 Å². The van der Waals surface area contributed by atoms with E-state index >= 15 is 0 Å². The molecule has 5 nitrogen and oxygen atoms in total. The number of thiophene rings is 1. The predicted octanol–water partition coefficient (Wildman–Crippen LogP) is 4.27. The van der Waals surface area contributed by atoms with E-state index in [9.17, 15) is 9.59 Å². The van der Waals surface area contributed by atoms with Crippen molar-refractivity contribution in [3.63, 3.8) is 0 Å². The van der Waals surface area contributed by atoms with Gasteiger partial charge in [-0.2, -0.15) is 0 Å². The van der Waals surface area contributed by atoms with Gasteiger partial charge in [-0.05, 0) is 43.5 Å². The van der Waals surface area contributed by atoms with Gasteiger partial charge in [0.1, 0.15) is 10.5 Å². The fourth-order valence-electron chi connectivity index (χ4n) is 3.93. The van der Waals surface area contributed by atoms with E-state index in [-0.39, 0.29) is 17.9 Å². The van der Waals surface area contributed by atoms with Gasteiger partial charge in [0.25, 0.3) is 11.8 Å². The summed E-state index contributed by atoms with van der Waals surface area (Å²) in [4.78, 5) is 31.0. The van der Waals surface area contributed by atoms with Crippen molar-refractivity contribution >= 4 is 33.4 Å². The van der Waals surface area contributed by atoms with Crippen molar-refractivity contribution in [1.82, 2.24) is 14.4 Å². The normalized spacial score (nSPS) is 17.0. The number of carbonyl (C=O) groups is 2. The third-order valence-corrected chi connectivity index (χ3v) is 6.30. The van der Waals surface area contributed by atoms with Crippen LogP contribution in [0.15, 0.2) is 60.0 Å². The van der Waals surface area contributed by atoms with Crippen LogP contribution in [0.2, 0.25) is 0 Å². The quantitative estimate of drug-likeness (QED) is 0.607. The molecule has 0 N–H and O–H groups in total. The summed E-state index contributed by atoms with van der Waals surface area (Å²) >= 11 is 1.64. The van der Waals surface area contributed by atoms with Gasteiger partial charge in [-0.15, -0.1) is 11.3 Å². The summed E-state index contributed by atoms with van der Waals surface area (Å²) in [6, 6.07) is 13.3. The molecule has 0 spiro atoms. The van der Waals surface area contributed by atoms with Crippen LogP contribution in [0.5, 0.6) is 0 Å². The summed E-state index contributed by atoms with van der Waals surface area (Å²) in [5.74, 6) is 0.0460. The zero-order valence-corrected chi connectivity index (χ0v) is 17.6. The number of amides is 2. The first-order chi connectivity index (χ1) is 14.0. The van der Waals surface area contributed by atoms with Gasteiger partial charge in [0.05, 0.1) is 0 Å². The van der Waals surface area contributed by atoms with Crippen molar-refractivity contribution in [2.24, 2.45) is 0 Å². The monoisotopic (exact) mass is 407 g/mol. The summed E-state index contributed by atoms with van der Waals surface area (Å²) in [6.45, 7) is 10.2. The SMILES string of the molecule is C=C(C)Cn1c(C(=O)N2CCN(C(=O)c3ccccc3)[C@H](C)C2)cc2ccsc21. The molecule has 1 aliphatic heterocycles. The van der Waals surface area contributed by atoms with Crippen molar-refractivity contribution in [3.8, 4) is 0 Å². The molecule has 2 amide bonds.